The minimum absolute atomic E-state index is 0.0126. The minimum Gasteiger partial charge on any atom is -0.409 e. The van der Waals surface area contributed by atoms with Crippen molar-refractivity contribution >= 4 is 18.1 Å². The van der Waals surface area contributed by atoms with E-state index in [0.717, 1.165) is 18.4 Å². The first-order valence-corrected chi connectivity index (χ1v) is 8.10. The molecule has 0 radical (unpaired) electrons. The molecule has 1 amide bonds. The summed E-state index contributed by atoms with van der Waals surface area (Å²) in [5, 5.41) is 9.69. The zero-order chi connectivity index (χ0) is 15.4. The molecule has 0 atom stereocenters. The zero-order valence-electron chi connectivity index (χ0n) is 12.3. The second-order valence-electron chi connectivity index (χ2n) is 5.66. The molecule has 116 valence electrons. The summed E-state index contributed by atoms with van der Waals surface area (Å²) in [5.41, 5.74) is 1.44. The van der Waals surface area contributed by atoms with Crippen LogP contribution in [0.15, 0.2) is 28.7 Å². The van der Waals surface area contributed by atoms with Crippen molar-refractivity contribution in [3.05, 3.63) is 34.7 Å². The lowest BCUT2D eigenvalue weighted by molar-refractivity contribution is 0.0933. The molecule has 22 heavy (non-hydrogen) atoms. The van der Waals surface area contributed by atoms with E-state index in [9.17, 15) is 4.79 Å². The van der Waals surface area contributed by atoms with Crippen LogP contribution in [0.25, 0.3) is 11.5 Å². The first-order valence-electron chi connectivity index (χ1n) is 7.69. The highest BCUT2D eigenvalue weighted by Gasteiger charge is 2.16. The van der Waals surface area contributed by atoms with Crippen LogP contribution in [0.3, 0.4) is 0 Å². The van der Waals surface area contributed by atoms with Gasteiger partial charge in [-0.2, -0.15) is 0 Å². The van der Waals surface area contributed by atoms with Crippen LogP contribution in [0.4, 0.5) is 0 Å². The maximum Gasteiger partial charge on any atom is 0.284 e. The normalized spacial score (nSPS) is 16.2. The molecule has 0 bridgehead atoms. The molecule has 1 aliphatic carbocycles. The fraction of sp³-hybridized carbons (Fsp3) is 0.438. The van der Waals surface area contributed by atoms with Gasteiger partial charge in [-0.1, -0.05) is 25.7 Å². The number of aromatic amines is 1. The van der Waals surface area contributed by atoms with E-state index in [-0.39, 0.29) is 10.7 Å². The van der Waals surface area contributed by atoms with Crippen molar-refractivity contribution in [1.29, 1.82) is 0 Å². The van der Waals surface area contributed by atoms with Crippen LogP contribution in [0.2, 0.25) is 0 Å². The number of hydrogen-bond donors (Lipinski definition) is 2. The second kappa shape index (κ2) is 6.87. The van der Waals surface area contributed by atoms with E-state index in [0.29, 0.717) is 17.5 Å². The van der Waals surface area contributed by atoms with Crippen molar-refractivity contribution in [1.82, 2.24) is 15.5 Å². The quantitative estimate of drug-likeness (QED) is 0.666. The molecular formula is C16H19N3O2S. The van der Waals surface area contributed by atoms with Gasteiger partial charge in [0.05, 0.1) is 0 Å². The maximum absolute atomic E-state index is 12.3. The number of nitrogens with zero attached hydrogens (tertiary/aromatic N) is 1. The van der Waals surface area contributed by atoms with Crippen LogP contribution in [0.5, 0.6) is 0 Å². The summed E-state index contributed by atoms with van der Waals surface area (Å²) in [6.45, 7) is 0. The van der Waals surface area contributed by atoms with E-state index in [1.807, 2.05) is 12.1 Å². The Balaban J connectivity index is 1.66. The molecule has 2 N–H and O–H groups in total. The van der Waals surface area contributed by atoms with Crippen LogP contribution in [0, 0.1) is 4.84 Å². The molecule has 1 aliphatic rings. The average molecular weight is 317 g/mol. The topological polar surface area (TPSA) is 70.9 Å². The van der Waals surface area contributed by atoms with Gasteiger partial charge >= 0.3 is 0 Å². The Morgan fingerprint density at radius 1 is 1.18 bits per heavy atom. The van der Waals surface area contributed by atoms with Crippen LogP contribution < -0.4 is 5.32 Å². The third kappa shape index (κ3) is 3.62. The van der Waals surface area contributed by atoms with Crippen LogP contribution in [-0.2, 0) is 0 Å². The molecule has 0 unspecified atom stereocenters. The van der Waals surface area contributed by atoms with Gasteiger partial charge in [-0.3, -0.25) is 4.79 Å². The Labute approximate surface area is 134 Å². The number of aromatic nitrogens is 2. The number of H-pyrrole nitrogens is 1. The van der Waals surface area contributed by atoms with Crippen LogP contribution in [0.1, 0.15) is 48.9 Å². The summed E-state index contributed by atoms with van der Waals surface area (Å²) in [6, 6.07) is 7.51. The molecule has 2 aromatic rings. The molecule has 1 aromatic carbocycles. The first kappa shape index (κ1) is 15.0. The van der Waals surface area contributed by atoms with Gasteiger partial charge in [0.15, 0.2) is 0 Å². The van der Waals surface area contributed by atoms with Crippen molar-refractivity contribution in [2.45, 2.75) is 44.6 Å². The lowest BCUT2D eigenvalue weighted by atomic mass is 10.1. The Kier molecular flexibility index (Phi) is 4.68. The number of amides is 1. The van der Waals surface area contributed by atoms with Gasteiger partial charge in [0, 0.05) is 17.2 Å². The minimum atomic E-state index is -0.0126. The van der Waals surface area contributed by atoms with Gasteiger partial charge in [-0.05, 0) is 49.3 Å². The molecule has 3 rings (SSSR count). The summed E-state index contributed by atoms with van der Waals surface area (Å²) in [6.07, 6.45) is 7.12. The Morgan fingerprint density at radius 3 is 2.45 bits per heavy atom. The molecular weight excluding hydrogens is 298 g/mol. The van der Waals surface area contributed by atoms with Crippen molar-refractivity contribution in [3.8, 4) is 11.5 Å². The zero-order valence-corrected chi connectivity index (χ0v) is 13.1. The number of carbonyl (C=O) groups excluding carboxylic acids is 1. The third-order valence-corrected chi connectivity index (χ3v) is 4.20. The summed E-state index contributed by atoms with van der Waals surface area (Å²) >= 11 is 4.85. The van der Waals surface area contributed by atoms with Gasteiger partial charge in [0.2, 0.25) is 5.89 Å². The summed E-state index contributed by atoms with van der Waals surface area (Å²) in [7, 11) is 0. The molecule has 1 saturated carbocycles. The Bertz CT molecular complexity index is 682. The highest BCUT2D eigenvalue weighted by Crippen LogP contribution is 2.19. The van der Waals surface area contributed by atoms with Gasteiger partial charge in [-0.25, -0.2) is 5.10 Å². The van der Waals surface area contributed by atoms with Crippen molar-refractivity contribution in [3.63, 3.8) is 0 Å². The number of hydrogen-bond acceptors (Lipinski definition) is 4. The SMILES string of the molecule is O=C(NC1CCCCCC1)c1ccc(-c2n[nH]c(=S)o2)cc1. The average Bonchev–Trinajstić information content (AvgIpc) is 2.80. The summed E-state index contributed by atoms with van der Waals surface area (Å²) < 4.78 is 5.25. The standard InChI is InChI=1S/C16H19N3O2S/c20-14(17-13-5-3-1-2-4-6-13)11-7-9-12(10-8-11)15-18-19-16(22)21-15/h7-10,13H,1-6H2,(H,17,20)(H,19,22). The Hall–Kier alpha value is -1.95. The summed E-state index contributed by atoms with van der Waals surface area (Å²) in [5.74, 6) is 0.419. The lowest BCUT2D eigenvalue weighted by Gasteiger charge is -2.16. The van der Waals surface area contributed by atoms with Crippen LogP contribution in [-0.4, -0.2) is 22.1 Å². The molecule has 0 saturated heterocycles. The largest absolute Gasteiger partial charge is 0.409 e. The molecule has 0 aliphatic heterocycles. The molecule has 1 aromatic heterocycles. The van der Waals surface area contributed by atoms with Crippen molar-refractivity contribution in [2.24, 2.45) is 0 Å². The van der Waals surface area contributed by atoms with Crippen molar-refractivity contribution < 1.29 is 9.21 Å². The van der Waals surface area contributed by atoms with E-state index in [1.54, 1.807) is 12.1 Å². The fourth-order valence-electron chi connectivity index (χ4n) is 2.81. The predicted molar refractivity (Wildman–Crippen MR) is 86.1 cm³/mol. The van der Waals surface area contributed by atoms with E-state index in [4.69, 9.17) is 16.6 Å². The number of benzene rings is 1. The molecule has 1 fully saturated rings. The van der Waals surface area contributed by atoms with Gasteiger partial charge in [0.25, 0.3) is 10.7 Å². The Morgan fingerprint density at radius 2 is 1.86 bits per heavy atom. The molecule has 1 heterocycles. The van der Waals surface area contributed by atoms with Crippen molar-refractivity contribution in [2.75, 3.05) is 0 Å². The molecule has 0 spiro atoms. The van der Waals surface area contributed by atoms with E-state index >= 15 is 0 Å². The van der Waals surface area contributed by atoms with Gasteiger partial charge in [0.1, 0.15) is 0 Å². The second-order valence-corrected chi connectivity index (χ2v) is 6.03. The smallest absolute Gasteiger partial charge is 0.284 e. The molecule has 5 nitrogen and oxygen atoms in total. The number of carbonyl (C=O) groups is 1. The maximum atomic E-state index is 12.3. The van der Waals surface area contributed by atoms with E-state index in [2.05, 4.69) is 15.5 Å². The predicted octanol–water partition coefficient (Wildman–Crippen LogP) is 3.85. The summed E-state index contributed by atoms with van der Waals surface area (Å²) in [4.78, 5) is 12.5. The monoisotopic (exact) mass is 317 g/mol. The van der Waals surface area contributed by atoms with E-state index in [1.165, 1.54) is 25.7 Å². The molecule has 6 heteroatoms. The van der Waals surface area contributed by atoms with Gasteiger partial charge in [-0.15, -0.1) is 5.10 Å². The number of rotatable bonds is 3. The van der Waals surface area contributed by atoms with E-state index < -0.39 is 0 Å². The fourth-order valence-corrected chi connectivity index (χ4v) is 2.93. The highest BCUT2D eigenvalue weighted by molar-refractivity contribution is 7.71. The highest BCUT2D eigenvalue weighted by atomic mass is 32.1. The lowest BCUT2D eigenvalue weighted by Crippen LogP contribution is -2.34. The first-order chi connectivity index (χ1) is 10.7. The number of nitrogens with one attached hydrogen (secondary N) is 2. The van der Waals surface area contributed by atoms with Gasteiger partial charge < -0.3 is 9.73 Å². The van der Waals surface area contributed by atoms with Crippen LogP contribution >= 0.6 is 12.2 Å². The third-order valence-electron chi connectivity index (χ3n) is 4.02.